The van der Waals surface area contributed by atoms with E-state index in [0.717, 1.165) is 12.8 Å². The average molecular weight is 369 g/mol. The zero-order valence-corrected chi connectivity index (χ0v) is 15.5. The Morgan fingerprint density at radius 1 is 1.00 bits per heavy atom. The minimum atomic E-state index is -0.634. The smallest absolute Gasteiger partial charge is 0.342 e. The average Bonchev–Trinajstić information content (AvgIpc) is 3.51. The third kappa shape index (κ3) is 4.22. The summed E-state index contributed by atoms with van der Waals surface area (Å²) in [6.45, 7) is 0.194. The Kier molecular flexibility index (Phi) is 5.64. The Hall–Kier alpha value is -3.02. The van der Waals surface area contributed by atoms with E-state index in [0.29, 0.717) is 12.3 Å². The second-order valence-electron chi connectivity index (χ2n) is 6.54. The van der Waals surface area contributed by atoms with Gasteiger partial charge in [0.15, 0.2) is 18.1 Å². The van der Waals surface area contributed by atoms with Crippen LogP contribution in [0, 0.1) is 0 Å². The number of benzene rings is 2. The molecule has 0 saturated heterocycles. The van der Waals surface area contributed by atoms with Gasteiger partial charge in [-0.15, -0.1) is 0 Å². The number of methoxy groups -OCH3 is 2. The van der Waals surface area contributed by atoms with Crippen LogP contribution in [0.2, 0.25) is 0 Å². The number of nitrogens with one attached hydrogen (secondary N) is 1. The zero-order chi connectivity index (χ0) is 19.3. The Bertz CT molecular complexity index is 815. The predicted molar refractivity (Wildman–Crippen MR) is 100 cm³/mol. The molecule has 1 aliphatic rings. The van der Waals surface area contributed by atoms with Gasteiger partial charge >= 0.3 is 5.97 Å². The maximum absolute atomic E-state index is 12.3. The molecule has 0 aliphatic heterocycles. The van der Waals surface area contributed by atoms with E-state index in [1.165, 1.54) is 19.8 Å². The molecule has 2 aromatic carbocycles. The summed E-state index contributed by atoms with van der Waals surface area (Å²) in [5.74, 6) is -0.251. The van der Waals surface area contributed by atoms with Crippen LogP contribution in [0.25, 0.3) is 0 Å². The van der Waals surface area contributed by atoms with E-state index >= 15 is 0 Å². The van der Waals surface area contributed by atoms with Crippen LogP contribution in [0.1, 0.15) is 28.8 Å². The van der Waals surface area contributed by atoms with Crippen molar-refractivity contribution in [3.8, 4) is 11.5 Å². The molecule has 1 amide bonds. The number of esters is 1. The largest absolute Gasteiger partial charge is 0.493 e. The minimum absolute atomic E-state index is 0.0109. The van der Waals surface area contributed by atoms with Crippen molar-refractivity contribution < 1.29 is 23.8 Å². The van der Waals surface area contributed by atoms with Crippen molar-refractivity contribution in [2.45, 2.75) is 18.3 Å². The van der Waals surface area contributed by atoms with Crippen LogP contribution in [-0.4, -0.2) is 39.2 Å². The second-order valence-corrected chi connectivity index (χ2v) is 6.54. The molecule has 0 spiro atoms. The molecule has 2 aromatic rings. The molecule has 0 unspecified atom stereocenters. The van der Waals surface area contributed by atoms with E-state index in [4.69, 9.17) is 14.2 Å². The van der Waals surface area contributed by atoms with Gasteiger partial charge in [-0.1, -0.05) is 36.4 Å². The van der Waals surface area contributed by atoms with Gasteiger partial charge < -0.3 is 19.5 Å². The fourth-order valence-corrected chi connectivity index (χ4v) is 3.09. The molecule has 27 heavy (non-hydrogen) atoms. The standard InChI is InChI=1S/C21H23NO5/c1-25-17-10-6-9-16(19(17)26-2)20(24)27-13-18(23)22-14-21(11-12-21)15-7-4-3-5-8-15/h3-10H,11-14H2,1-2H3,(H,22,23). The molecule has 6 heteroatoms. The summed E-state index contributed by atoms with van der Waals surface area (Å²) in [6.07, 6.45) is 2.08. The van der Waals surface area contributed by atoms with E-state index in [-0.39, 0.29) is 29.2 Å². The lowest BCUT2D eigenvalue weighted by Gasteiger charge is -2.16. The fourth-order valence-electron chi connectivity index (χ4n) is 3.09. The summed E-state index contributed by atoms with van der Waals surface area (Å²) in [4.78, 5) is 24.4. The highest BCUT2D eigenvalue weighted by Gasteiger charge is 2.44. The number of rotatable bonds is 8. The van der Waals surface area contributed by atoms with Crippen LogP contribution in [0.4, 0.5) is 0 Å². The van der Waals surface area contributed by atoms with Gasteiger partial charge in [0.25, 0.3) is 5.91 Å². The molecule has 1 saturated carbocycles. The molecule has 142 valence electrons. The van der Waals surface area contributed by atoms with Crippen molar-refractivity contribution in [1.82, 2.24) is 5.32 Å². The molecule has 3 rings (SSSR count). The van der Waals surface area contributed by atoms with Crippen LogP contribution in [0.15, 0.2) is 48.5 Å². The van der Waals surface area contributed by atoms with Gasteiger partial charge in [-0.2, -0.15) is 0 Å². The summed E-state index contributed by atoms with van der Waals surface area (Å²) in [5.41, 5.74) is 1.45. The van der Waals surface area contributed by atoms with E-state index in [2.05, 4.69) is 17.4 Å². The molecular formula is C21H23NO5. The van der Waals surface area contributed by atoms with Gasteiger partial charge in [0.1, 0.15) is 5.56 Å². The molecular weight excluding hydrogens is 346 g/mol. The number of ether oxygens (including phenoxy) is 3. The second kappa shape index (κ2) is 8.12. The van der Waals surface area contributed by atoms with Crippen LogP contribution < -0.4 is 14.8 Å². The number of hydrogen-bond acceptors (Lipinski definition) is 5. The quantitative estimate of drug-likeness (QED) is 0.724. The van der Waals surface area contributed by atoms with Gasteiger partial charge in [-0.3, -0.25) is 4.79 Å². The first-order valence-electron chi connectivity index (χ1n) is 8.80. The van der Waals surface area contributed by atoms with Crippen LogP contribution in [-0.2, 0) is 14.9 Å². The Morgan fingerprint density at radius 3 is 2.37 bits per heavy atom. The molecule has 0 heterocycles. The molecule has 1 aliphatic carbocycles. The van der Waals surface area contributed by atoms with Gasteiger partial charge in [-0.05, 0) is 30.5 Å². The maximum atomic E-state index is 12.3. The summed E-state index contributed by atoms with van der Waals surface area (Å²) >= 11 is 0. The Morgan fingerprint density at radius 2 is 1.74 bits per heavy atom. The predicted octanol–water partition coefficient (Wildman–Crippen LogP) is 2.71. The fraction of sp³-hybridized carbons (Fsp3) is 0.333. The summed E-state index contributed by atoms with van der Waals surface area (Å²) in [5, 5.41) is 2.87. The highest BCUT2D eigenvalue weighted by molar-refractivity contribution is 5.95. The molecule has 6 nitrogen and oxygen atoms in total. The molecule has 0 bridgehead atoms. The number of carbonyl (C=O) groups is 2. The van der Waals surface area contributed by atoms with Crippen molar-refractivity contribution in [3.05, 3.63) is 59.7 Å². The SMILES string of the molecule is COc1cccc(C(=O)OCC(=O)NCC2(c3ccccc3)CC2)c1OC. The maximum Gasteiger partial charge on any atom is 0.342 e. The third-order valence-electron chi connectivity index (χ3n) is 4.82. The number of carbonyl (C=O) groups excluding carboxylic acids is 2. The van der Waals surface area contributed by atoms with Crippen molar-refractivity contribution >= 4 is 11.9 Å². The van der Waals surface area contributed by atoms with Crippen LogP contribution in [0.3, 0.4) is 0 Å². The van der Waals surface area contributed by atoms with E-state index in [9.17, 15) is 9.59 Å². The lowest BCUT2D eigenvalue weighted by molar-refractivity contribution is -0.124. The first-order chi connectivity index (χ1) is 13.1. The number of hydrogen-bond donors (Lipinski definition) is 1. The molecule has 0 atom stereocenters. The van der Waals surface area contributed by atoms with E-state index in [1.54, 1.807) is 18.2 Å². The van der Waals surface area contributed by atoms with Crippen molar-refractivity contribution in [2.75, 3.05) is 27.4 Å². The Balaban J connectivity index is 1.53. The van der Waals surface area contributed by atoms with Crippen molar-refractivity contribution in [3.63, 3.8) is 0 Å². The first-order valence-corrected chi connectivity index (χ1v) is 8.80. The molecule has 0 aromatic heterocycles. The number of amides is 1. The highest BCUT2D eigenvalue weighted by Crippen LogP contribution is 2.47. The van der Waals surface area contributed by atoms with Crippen molar-refractivity contribution in [1.29, 1.82) is 0 Å². The molecule has 1 N–H and O–H groups in total. The summed E-state index contributed by atoms with van der Waals surface area (Å²) in [7, 11) is 2.93. The third-order valence-corrected chi connectivity index (χ3v) is 4.82. The van der Waals surface area contributed by atoms with E-state index in [1.807, 2.05) is 18.2 Å². The van der Waals surface area contributed by atoms with Gasteiger partial charge in [0.2, 0.25) is 0 Å². The lowest BCUT2D eigenvalue weighted by atomic mass is 9.96. The summed E-state index contributed by atoms with van der Waals surface area (Å²) < 4.78 is 15.5. The first kappa shape index (κ1) is 18.8. The van der Waals surface area contributed by atoms with E-state index < -0.39 is 5.97 Å². The normalized spacial score (nSPS) is 14.1. The minimum Gasteiger partial charge on any atom is -0.493 e. The van der Waals surface area contributed by atoms with Gasteiger partial charge in [-0.25, -0.2) is 4.79 Å². The zero-order valence-electron chi connectivity index (χ0n) is 15.5. The van der Waals surface area contributed by atoms with Crippen molar-refractivity contribution in [2.24, 2.45) is 0 Å². The molecule has 0 radical (unpaired) electrons. The lowest BCUT2D eigenvalue weighted by Crippen LogP contribution is -2.35. The molecule has 1 fully saturated rings. The van der Waals surface area contributed by atoms with Gasteiger partial charge in [0.05, 0.1) is 14.2 Å². The topological polar surface area (TPSA) is 73.9 Å². The monoisotopic (exact) mass is 369 g/mol. The number of para-hydroxylation sites is 1. The Labute approximate surface area is 158 Å². The van der Waals surface area contributed by atoms with Crippen LogP contribution in [0.5, 0.6) is 11.5 Å². The van der Waals surface area contributed by atoms with Crippen LogP contribution >= 0.6 is 0 Å². The highest BCUT2D eigenvalue weighted by atomic mass is 16.5. The summed E-state index contributed by atoms with van der Waals surface area (Å²) in [6, 6.07) is 15.0. The van der Waals surface area contributed by atoms with Gasteiger partial charge in [0, 0.05) is 12.0 Å².